The van der Waals surface area contributed by atoms with Gasteiger partial charge >= 0.3 is 5.97 Å². The summed E-state index contributed by atoms with van der Waals surface area (Å²) in [6.07, 6.45) is 1.56. The fourth-order valence-electron chi connectivity index (χ4n) is 2.44. The van der Waals surface area contributed by atoms with Crippen LogP contribution < -0.4 is 5.32 Å². The Morgan fingerprint density at radius 1 is 1.41 bits per heavy atom. The van der Waals surface area contributed by atoms with Crippen LogP contribution in [0.2, 0.25) is 0 Å². The van der Waals surface area contributed by atoms with Gasteiger partial charge in [-0.2, -0.15) is 0 Å². The van der Waals surface area contributed by atoms with Crippen molar-refractivity contribution in [2.24, 2.45) is 5.92 Å². The number of carbonyl (C=O) groups is 1. The van der Waals surface area contributed by atoms with Gasteiger partial charge in [0.1, 0.15) is 11.6 Å². The highest BCUT2D eigenvalue weighted by molar-refractivity contribution is 7.80. The van der Waals surface area contributed by atoms with Crippen molar-refractivity contribution in [2.75, 3.05) is 25.0 Å². The zero-order valence-corrected chi connectivity index (χ0v) is 13.1. The maximum atomic E-state index is 13.2. The van der Waals surface area contributed by atoms with Gasteiger partial charge in [0.25, 0.3) is 0 Å². The summed E-state index contributed by atoms with van der Waals surface area (Å²) in [5, 5.41) is 3.16. The number of nitrogens with one attached hydrogen (secondary N) is 1. The average Bonchev–Trinajstić information content (AvgIpc) is 2.46. The van der Waals surface area contributed by atoms with Crippen LogP contribution in [0, 0.1) is 17.6 Å². The minimum Gasteiger partial charge on any atom is -0.466 e. The van der Waals surface area contributed by atoms with Gasteiger partial charge in [-0.1, -0.05) is 0 Å². The lowest BCUT2D eigenvalue weighted by Crippen LogP contribution is -2.44. The number of benzene rings is 1. The summed E-state index contributed by atoms with van der Waals surface area (Å²) >= 11 is 5.26. The predicted molar refractivity (Wildman–Crippen MR) is 83.5 cm³/mol. The lowest BCUT2D eigenvalue weighted by Gasteiger charge is -2.33. The van der Waals surface area contributed by atoms with Gasteiger partial charge in [-0.15, -0.1) is 0 Å². The summed E-state index contributed by atoms with van der Waals surface area (Å²) in [4.78, 5) is 13.6. The number of ether oxygens (including phenoxy) is 1. The van der Waals surface area contributed by atoms with Crippen molar-refractivity contribution in [1.29, 1.82) is 0 Å². The van der Waals surface area contributed by atoms with Crippen LogP contribution in [0.4, 0.5) is 14.5 Å². The van der Waals surface area contributed by atoms with Crippen molar-refractivity contribution in [1.82, 2.24) is 4.90 Å². The Labute approximate surface area is 133 Å². The van der Waals surface area contributed by atoms with Crippen molar-refractivity contribution in [3.05, 3.63) is 29.8 Å². The molecule has 1 atom stereocenters. The standard InChI is InChI=1S/C15H18F2N2O2S/c1-2-21-14(20)10-4-3-5-19(9-10)15(22)18-13-7-11(16)6-12(17)8-13/h6-8,10H,2-5,9H2,1H3,(H,18,22). The summed E-state index contributed by atoms with van der Waals surface area (Å²) in [5.74, 6) is -1.80. The summed E-state index contributed by atoms with van der Waals surface area (Å²) in [5.41, 5.74) is 0.251. The van der Waals surface area contributed by atoms with E-state index in [0.717, 1.165) is 18.9 Å². The third kappa shape index (κ3) is 4.37. The molecule has 1 unspecified atom stereocenters. The quantitative estimate of drug-likeness (QED) is 0.682. The number of carbonyl (C=O) groups excluding carboxylic acids is 1. The molecule has 0 radical (unpaired) electrons. The zero-order valence-electron chi connectivity index (χ0n) is 12.3. The largest absolute Gasteiger partial charge is 0.466 e. The number of likely N-dealkylation sites (tertiary alicyclic amines) is 1. The van der Waals surface area contributed by atoms with Crippen molar-refractivity contribution < 1.29 is 18.3 Å². The maximum absolute atomic E-state index is 13.2. The molecule has 0 amide bonds. The summed E-state index contributed by atoms with van der Waals surface area (Å²) in [7, 11) is 0. The van der Waals surface area contributed by atoms with Crippen molar-refractivity contribution in [3.63, 3.8) is 0 Å². The van der Waals surface area contributed by atoms with E-state index in [-0.39, 0.29) is 17.6 Å². The predicted octanol–water partition coefficient (Wildman–Crippen LogP) is 2.94. The minimum absolute atomic E-state index is 0.224. The Morgan fingerprint density at radius 3 is 2.73 bits per heavy atom. The van der Waals surface area contributed by atoms with E-state index in [9.17, 15) is 13.6 Å². The Morgan fingerprint density at radius 2 is 2.09 bits per heavy atom. The number of nitrogens with zero attached hydrogens (tertiary/aromatic N) is 1. The molecular weight excluding hydrogens is 310 g/mol. The molecule has 120 valence electrons. The fourth-order valence-corrected chi connectivity index (χ4v) is 2.73. The highest BCUT2D eigenvalue weighted by atomic mass is 32.1. The van der Waals surface area contributed by atoms with Gasteiger partial charge in [0.2, 0.25) is 0 Å². The van der Waals surface area contributed by atoms with Crippen LogP contribution in [0.25, 0.3) is 0 Å². The Bertz CT molecular complexity index is 548. The summed E-state index contributed by atoms with van der Waals surface area (Å²) in [6, 6.07) is 3.14. The topological polar surface area (TPSA) is 41.6 Å². The molecule has 4 nitrogen and oxygen atoms in total. The van der Waals surface area contributed by atoms with E-state index in [4.69, 9.17) is 17.0 Å². The number of anilines is 1. The molecule has 1 aliphatic heterocycles. The number of rotatable bonds is 3. The first kappa shape index (κ1) is 16.6. The zero-order chi connectivity index (χ0) is 16.1. The lowest BCUT2D eigenvalue weighted by molar-refractivity contribution is -0.149. The lowest BCUT2D eigenvalue weighted by atomic mass is 9.98. The molecule has 7 heteroatoms. The number of halogens is 2. The number of hydrogen-bond donors (Lipinski definition) is 1. The van der Waals surface area contributed by atoms with Crippen molar-refractivity contribution >= 4 is 29.0 Å². The number of piperidine rings is 1. The Kier molecular flexibility index (Phi) is 5.65. The second-order valence-corrected chi connectivity index (χ2v) is 5.51. The first-order valence-corrected chi connectivity index (χ1v) is 7.59. The van der Waals surface area contributed by atoms with Crippen LogP contribution in [0.15, 0.2) is 18.2 Å². The van der Waals surface area contributed by atoms with Crippen LogP contribution >= 0.6 is 12.2 Å². The molecule has 0 bridgehead atoms. The van der Waals surface area contributed by atoms with Crippen molar-refractivity contribution in [2.45, 2.75) is 19.8 Å². The highest BCUT2D eigenvalue weighted by Crippen LogP contribution is 2.20. The molecule has 1 saturated heterocycles. The number of thiocarbonyl (C=S) groups is 1. The molecule has 1 aromatic carbocycles. The van der Waals surface area contributed by atoms with Crippen LogP contribution in [0.3, 0.4) is 0 Å². The third-order valence-corrected chi connectivity index (χ3v) is 3.80. The number of hydrogen-bond acceptors (Lipinski definition) is 3. The van der Waals surface area contributed by atoms with E-state index in [1.54, 1.807) is 6.92 Å². The monoisotopic (exact) mass is 328 g/mol. The normalized spacial score (nSPS) is 18.0. The van der Waals surface area contributed by atoms with Gasteiger partial charge in [0.15, 0.2) is 5.11 Å². The molecule has 1 N–H and O–H groups in total. The van der Waals surface area contributed by atoms with E-state index in [0.29, 0.717) is 24.8 Å². The first-order chi connectivity index (χ1) is 10.5. The second-order valence-electron chi connectivity index (χ2n) is 5.13. The van der Waals surface area contributed by atoms with E-state index in [2.05, 4.69) is 5.32 Å². The smallest absolute Gasteiger partial charge is 0.310 e. The molecule has 0 saturated carbocycles. The van der Waals surface area contributed by atoms with Gasteiger partial charge in [0, 0.05) is 24.8 Å². The van der Waals surface area contributed by atoms with Crippen LogP contribution in [-0.4, -0.2) is 35.7 Å². The maximum Gasteiger partial charge on any atom is 0.310 e. The fraction of sp³-hybridized carbons (Fsp3) is 0.467. The third-order valence-electron chi connectivity index (χ3n) is 3.44. The van der Waals surface area contributed by atoms with Crippen LogP contribution in [0.1, 0.15) is 19.8 Å². The van der Waals surface area contributed by atoms with Crippen molar-refractivity contribution in [3.8, 4) is 0 Å². The Balaban J connectivity index is 1.98. The van der Waals surface area contributed by atoms with Crippen LogP contribution in [0.5, 0.6) is 0 Å². The van der Waals surface area contributed by atoms with Gasteiger partial charge in [0.05, 0.1) is 12.5 Å². The number of esters is 1. The molecule has 0 aliphatic carbocycles. The highest BCUT2D eigenvalue weighted by Gasteiger charge is 2.28. The van der Waals surface area contributed by atoms with Crippen LogP contribution in [-0.2, 0) is 9.53 Å². The molecule has 1 heterocycles. The molecule has 1 fully saturated rings. The van der Waals surface area contributed by atoms with E-state index in [1.165, 1.54) is 12.1 Å². The molecule has 1 aliphatic rings. The van der Waals surface area contributed by atoms with Gasteiger partial charge in [-0.05, 0) is 44.1 Å². The van der Waals surface area contributed by atoms with E-state index < -0.39 is 11.6 Å². The Hall–Kier alpha value is -1.76. The molecule has 0 spiro atoms. The minimum atomic E-state index is -0.673. The summed E-state index contributed by atoms with van der Waals surface area (Å²) in [6.45, 7) is 3.26. The molecule has 1 aromatic rings. The molecular formula is C15H18F2N2O2S. The SMILES string of the molecule is CCOC(=O)C1CCCN(C(=S)Nc2cc(F)cc(F)c2)C1. The second kappa shape index (κ2) is 7.49. The van der Waals surface area contributed by atoms with Gasteiger partial charge in [-0.3, -0.25) is 4.79 Å². The molecule has 2 rings (SSSR count). The first-order valence-electron chi connectivity index (χ1n) is 7.18. The molecule has 0 aromatic heterocycles. The van der Waals surface area contributed by atoms with Gasteiger partial charge in [-0.25, -0.2) is 8.78 Å². The molecule has 22 heavy (non-hydrogen) atoms. The van der Waals surface area contributed by atoms with Gasteiger partial charge < -0.3 is 15.0 Å². The van der Waals surface area contributed by atoms with E-state index >= 15 is 0 Å². The average molecular weight is 328 g/mol. The summed E-state index contributed by atoms with van der Waals surface area (Å²) < 4.78 is 31.4. The van der Waals surface area contributed by atoms with E-state index in [1.807, 2.05) is 4.90 Å².